The summed E-state index contributed by atoms with van der Waals surface area (Å²) in [6.45, 7) is 6.69. The van der Waals surface area contributed by atoms with Crippen molar-refractivity contribution in [2.45, 2.75) is 12.3 Å². The van der Waals surface area contributed by atoms with Gasteiger partial charge in [-0.25, -0.2) is 14.4 Å². The van der Waals surface area contributed by atoms with Crippen LogP contribution in [0.25, 0.3) is 10.9 Å². The molecule has 1 aliphatic rings. The third-order valence-corrected chi connectivity index (χ3v) is 5.67. The van der Waals surface area contributed by atoms with Crippen LogP contribution < -0.4 is 10.1 Å². The van der Waals surface area contributed by atoms with Crippen LogP contribution in [-0.4, -0.2) is 41.0 Å². The minimum absolute atomic E-state index is 0.0228. The summed E-state index contributed by atoms with van der Waals surface area (Å²) in [6, 6.07) is 8.50. The predicted octanol–water partition coefficient (Wildman–Crippen LogP) is 4.46. The van der Waals surface area contributed by atoms with Crippen LogP contribution in [0.2, 0.25) is 5.02 Å². The minimum atomic E-state index is -0.552. The lowest BCUT2D eigenvalue weighted by molar-refractivity contribution is -0.133. The van der Waals surface area contributed by atoms with Crippen molar-refractivity contribution in [1.29, 1.82) is 0 Å². The molecule has 30 heavy (non-hydrogen) atoms. The summed E-state index contributed by atoms with van der Waals surface area (Å²) in [5.41, 5.74) is 1.50. The molecule has 1 N–H and O–H groups in total. The molecule has 0 spiro atoms. The standard InChI is InChI=1S/C22H20ClFN4O2/c1-4-19(29)28-10-22(2,11-28)14-8-13-17(9-18(14)30-3)25-12-26-21(13)27-16-7-5-6-15(23)20(16)24/h4-9,12H,1,10-11H2,2-3H3,(H,25,26,27). The van der Waals surface area contributed by atoms with Gasteiger partial charge in [0.05, 0.1) is 23.3 Å². The summed E-state index contributed by atoms with van der Waals surface area (Å²) in [7, 11) is 1.60. The average Bonchev–Trinajstić information content (AvgIpc) is 2.73. The highest BCUT2D eigenvalue weighted by molar-refractivity contribution is 6.31. The van der Waals surface area contributed by atoms with E-state index in [-0.39, 0.29) is 22.0 Å². The Labute approximate surface area is 178 Å². The number of ether oxygens (including phenoxy) is 1. The number of fused-ring (bicyclic) bond motifs is 1. The number of carbonyl (C=O) groups excluding carboxylic acids is 1. The number of nitrogens with zero attached hydrogens (tertiary/aromatic N) is 3. The second kappa shape index (κ2) is 7.57. The molecule has 4 rings (SSSR count). The number of nitrogens with one attached hydrogen (secondary N) is 1. The Kier molecular flexibility index (Phi) is 5.07. The lowest BCUT2D eigenvalue weighted by Gasteiger charge is -2.48. The Bertz CT molecular complexity index is 1160. The number of carbonyl (C=O) groups is 1. The number of halogens is 2. The van der Waals surface area contributed by atoms with Crippen LogP contribution in [0.5, 0.6) is 5.75 Å². The Balaban J connectivity index is 1.77. The topological polar surface area (TPSA) is 67.4 Å². The number of likely N-dealkylation sites (tertiary alicyclic amines) is 1. The summed E-state index contributed by atoms with van der Waals surface area (Å²) in [5, 5.41) is 3.75. The van der Waals surface area contributed by atoms with Gasteiger partial charge in [-0.2, -0.15) is 0 Å². The number of anilines is 2. The van der Waals surface area contributed by atoms with E-state index in [0.29, 0.717) is 35.6 Å². The van der Waals surface area contributed by atoms with E-state index in [1.54, 1.807) is 24.1 Å². The third-order valence-electron chi connectivity index (χ3n) is 5.38. The van der Waals surface area contributed by atoms with Crippen molar-refractivity contribution in [3.05, 3.63) is 65.7 Å². The molecular formula is C22H20ClFN4O2. The van der Waals surface area contributed by atoms with Crippen molar-refractivity contribution in [2.75, 3.05) is 25.5 Å². The Morgan fingerprint density at radius 1 is 1.37 bits per heavy atom. The monoisotopic (exact) mass is 426 g/mol. The Morgan fingerprint density at radius 2 is 2.13 bits per heavy atom. The van der Waals surface area contributed by atoms with Crippen LogP contribution in [0.3, 0.4) is 0 Å². The van der Waals surface area contributed by atoms with Crippen LogP contribution >= 0.6 is 11.6 Å². The molecule has 2 heterocycles. The normalized spacial score (nSPS) is 14.9. The molecule has 1 aromatic heterocycles. The van der Waals surface area contributed by atoms with E-state index in [1.807, 2.05) is 12.1 Å². The van der Waals surface area contributed by atoms with Gasteiger partial charge in [-0.15, -0.1) is 0 Å². The van der Waals surface area contributed by atoms with E-state index < -0.39 is 5.82 Å². The van der Waals surface area contributed by atoms with Crippen LogP contribution in [0, 0.1) is 5.82 Å². The molecule has 1 saturated heterocycles. The first-order valence-corrected chi connectivity index (χ1v) is 9.69. The smallest absolute Gasteiger partial charge is 0.246 e. The number of hydrogen-bond acceptors (Lipinski definition) is 5. The van der Waals surface area contributed by atoms with Gasteiger partial charge in [-0.1, -0.05) is 31.2 Å². The summed E-state index contributed by atoms with van der Waals surface area (Å²) < 4.78 is 20.0. The van der Waals surface area contributed by atoms with Crippen molar-refractivity contribution >= 4 is 39.9 Å². The van der Waals surface area contributed by atoms with Crippen LogP contribution in [-0.2, 0) is 10.2 Å². The van der Waals surface area contributed by atoms with Gasteiger partial charge in [0, 0.05) is 35.5 Å². The van der Waals surface area contributed by atoms with Crippen LogP contribution in [0.1, 0.15) is 12.5 Å². The molecule has 1 aliphatic heterocycles. The number of methoxy groups -OCH3 is 1. The fraction of sp³-hybridized carbons (Fsp3) is 0.227. The molecule has 0 saturated carbocycles. The van der Waals surface area contributed by atoms with Crippen molar-refractivity contribution in [2.24, 2.45) is 0 Å². The molecule has 0 unspecified atom stereocenters. The fourth-order valence-corrected chi connectivity index (χ4v) is 3.98. The highest BCUT2D eigenvalue weighted by Gasteiger charge is 2.43. The van der Waals surface area contributed by atoms with Gasteiger partial charge in [0.25, 0.3) is 0 Å². The maximum atomic E-state index is 14.4. The molecule has 0 radical (unpaired) electrons. The van der Waals surface area contributed by atoms with Crippen molar-refractivity contribution in [3.8, 4) is 5.75 Å². The van der Waals surface area contributed by atoms with E-state index in [4.69, 9.17) is 16.3 Å². The third kappa shape index (κ3) is 3.35. The molecule has 2 aromatic carbocycles. The zero-order chi connectivity index (χ0) is 21.5. The molecule has 1 fully saturated rings. The van der Waals surface area contributed by atoms with E-state index in [2.05, 4.69) is 28.8 Å². The first-order valence-electron chi connectivity index (χ1n) is 9.32. The number of rotatable bonds is 5. The molecule has 3 aromatic rings. The van der Waals surface area contributed by atoms with Gasteiger partial charge < -0.3 is 15.0 Å². The van der Waals surface area contributed by atoms with Gasteiger partial charge in [-0.3, -0.25) is 4.79 Å². The lowest BCUT2D eigenvalue weighted by atomic mass is 9.74. The largest absolute Gasteiger partial charge is 0.496 e. The summed E-state index contributed by atoms with van der Waals surface area (Å²) in [4.78, 5) is 22.2. The van der Waals surface area contributed by atoms with E-state index in [1.165, 1.54) is 18.5 Å². The molecule has 0 bridgehead atoms. The lowest BCUT2D eigenvalue weighted by Crippen LogP contribution is -2.59. The first-order chi connectivity index (χ1) is 14.4. The molecule has 6 nitrogen and oxygen atoms in total. The second-order valence-electron chi connectivity index (χ2n) is 7.48. The van der Waals surface area contributed by atoms with Gasteiger partial charge in [0.1, 0.15) is 17.9 Å². The van der Waals surface area contributed by atoms with Crippen molar-refractivity contribution in [1.82, 2.24) is 14.9 Å². The Hall–Kier alpha value is -3.19. The molecule has 0 atom stereocenters. The van der Waals surface area contributed by atoms with Crippen molar-refractivity contribution in [3.63, 3.8) is 0 Å². The molecule has 1 amide bonds. The highest BCUT2D eigenvalue weighted by atomic mass is 35.5. The molecule has 0 aliphatic carbocycles. The maximum Gasteiger partial charge on any atom is 0.246 e. The summed E-state index contributed by atoms with van der Waals surface area (Å²) >= 11 is 5.90. The first kappa shape index (κ1) is 20.1. The van der Waals surface area contributed by atoms with E-state index in [9.17, 15) is 9.18 Å². The van der Waals surface area contributed by atoms with Gasteiger partial charge in [0.2, 0.25) is 5.91 Å². The van der Waals surface area contributed by atoms with E-state index in [0.717, 1.165) is 5.56 Å². The van der Waals surface area contributed by atoms with Gasteiger partial charge in [-0.05, 0) is 24.3 Å². The molecular weight excluding hydrogens is 407 g/mol. The summed E-state index contributed by atoms with van der Waals surface area (Å²) in [5.74, 6) is 0.472. The van der Waals surface area contributed by atoms with Crippen LogP contribution in [0.15, 0.2) is 49.3 Å². The molecule has 8 heteroatoms. The van der Waals surface area contributed by atoms with Gasteiger partial charge >= 0.3 is 0 Å². The molecule has 154 valence electrons. The maximum absolute atomic E-state index is 14.4. The summed E-state index contributed by atoms with van der Waals surface area (Å²) in [6.07, 6.45) is 2.72. The average molecular weight is 427 g/mol. The number of hydrogen-bond donors (Lipinski definition) is 1. The highest BCUT2D eigenvalue weighted by Crippen LogP contribution is 2.42. The van der Waals surface area contributed by atoms with E-state index >= 15 is 0 Å². The number of amides is 1. The van der Waals surface area contributed by atoms with Crippen LogP contribution in [0.4, 0.5) is 15.9 Å². The predicted molar refractivity (Wildman–Crippen MR) is 115 cm³/mol. The quantitative estimate of drug-likeness (QED) is 0.610. The number of benzene rings is 2. The Morgan fingerprint density at radius 3 is 2.83 bits per heavy atom. The van der Waals surface area contributed by atoms with Crippen molar-refractivity contribution < 1.29 is 13.9 Å². The second-order valence-corrected chi connectivity index (χ2v) is 7.88. The zero-order valence-corrected chi connectivity index (χ0v) is 17.3. The zero-order valence-electron chi connectivity index (χ0n) is 16.6. The SMILES string of the molecule is C=CC(=O)N1CC(C)(c2cc3c(Nc4cccc(Cl)c4F)ncnc3cc2OC)C1. The van der Waals surface area contributed by atoms with Gasteiger partial charge in [0.15, 0.2) is 5.82 Å². The number of aromatic nitrogens is 2. The minimum Gasteiger partial charge on any atom is -0.496 e. The fourth-order valence-electron chi connectivity index (χ4n) is 3.80.